The quantitative estimate of drug-likeness (QED) is 0.381. The van der Waals surface area contributed by atoms with Gasteiger partial charge in [-0.3, -0.25) is 19.2 Å². The standard InChI is InChI=1S/C13H12N4O6/c1-8-14-12(23-15-8)21-6-2-5-16-10-7-9(17(19)20)3-4-11(10)22-13(16)18/h3-4,7H,2,5-6H2,1H3. The van der Waals surface area contributed by atoms with Gasteiger partial charge in [-0.05, 0) is 19.4 Å². The zero-order chi connectivity index (χ0) is 16.4. The summed E-state index contributed by atoms with van der Waals surface area (Å²) in [6, 6.07) is 4.00. The van der Waals surface area contributed by atoms with E-state index >= 15 is 0 Å². The molecular weight excluding hydrogens is 308 g/mol. The lowest BCUT2D eigenvalue weighted by atomic mass is 10.3. The summed E-state index contributed by atoms with van der Waals surface area (Å²) in [5, 5.41) is 14.4. The third-order valence-corrected chi connectivity index (χ3v) is 3.12. The van der Waals surface area contributed by atoms with Gasteiger partial charge in [0, 0.05) is 18.7 Å². The minimum atomic E-state index is -0.575. The number of hydrogen-bond acceptors (Lipinski definition) is 8. The number of nitro benzene ring substituents is 1. The molecule has 2 heterocycles. The SMILES string of the molecule is Cc1noc(OCCCn2c(=O)oc3ccc([N+](=O)[O-])cc32)n1. The summed E-state index contributed by atoms with van der Waals surface area (Å²) in [6.45, 7) is 2.19. The first-order chi connectivity index (χ1) is 11.0. The molecule has 0 spiro atoms. The molecule has 0 radical (unpaired) electrons. The summed E-state index contributed by atoms with van der Waals surface area (Å²) in [5.41, 5.74) is 0.566. The van der Waals surface area contributed by atoms with Gasteiger partial charge in [-0.2, -0.15) is 4.98 Å². The van der Waals surface area contributed by atoms with Gasteiger partial charge in [0.05, 0.1) is 17.0 Å². The van der Waals surface area contributed by atoms with Gasteiger partial charge in [-0.1, -0.05) is 5.16 Å². The molecule has 0 N–H and O–H groups in total. The van der Waals surface area contributed by atoms with Crippen molar-refractivity contribution in [1.29, 1.82) is 0 Å². The second-order valence-corrected chi connectivity index (χ2v) is 4.74. The maximum absolute atomic E-state index is 11.8. The van der Waals surface area contributed by atoms with Crippen molar-refractivity contribution in [2.45, 2.75) is 19.9 Å². The van der Waals surface area contributed by atoms with Crippen LogP contribution in [0.3, 0.4) is 0 Å². The molecular formula is C13H12N4O6. The Morgan fingerprint density at radius 1 is 1.43 bits per heavy atom. The second kappa shape index (κ2) is 5.91. The first kappa shape index (κ1) is 14.8. The highest BCUT2D eigenvalue weighted by Gasteiger charge is 2.14. The molecule has 0 saturated heterocycles. The first-order valence-corrected chi connectivity index (χ1v) is 6.75. The van der Waals surface area contributed by atoms with Crippen LogP contribution >= 0.6 is 0 Å². The summed E-state index contributed by atoms with van der Waals surface area (Å²) < 4.78 is 16.4. The van der Waals surface area contributed by atoms with E-state index in [0.717, 1.165) is 0 Å². The van der Waals surface area contributed by atoms with Gasteiger partial charge in [-0.25, -0.2) is 4.79 Å². The fourth-order valence-electron chi connectivity index (χ4n) is 2.09. The Balaban J connectivity index is 1.71. The van der Waals surface area contributed by atoms with Crippen LogP contribution in [0.2, 0.25) is 0 Å². The summed E-state index contributed by atoms with van der Waals surface area (Å²) >= 11 is 0. The molecule has 0 aliphatic carbocycles. The van der Waals surface area contributed by atoms with Crippen molar-refractivity contribution in [3.05, 3.63) is 44.7 Å². The lowest BCUT2D eigenvalue weighted by molar-refractivity contribution is -0.384. The maximum Gasteiger partial charge on any atom is 0.419 e. The summed E-state index contributed by atoms with van der Waals surface area (Å²) in [6.07, 6.45) is 0.515. The minimum Gasteiger partial charge on any atom is -0.449 e. The molecule has 2 aromatic heterocycles. The number of aryl methyl sites for hydroxylation is 2. The van der Waals surface area contributed by atoms with Gasteiger partial charge >= 0.3 is 11.8 Å². The molecule has 0 saturated carbocycles. The molecule has 0 unspecified atom stereocenters. The molecule has 10 nitrogen and oxygen atoms in total. The number of oxazole rings is 1. The van der Waals surface area contributed by atoms with Gasteiger partial charge < -0.3 is 9.15 Å². The smallest absolute Gasteiger partial charge is 0.419 e. The van der Waals surface area contributed by atoms with Crippen molar-refractivity contribution in [3.63, 3.8) is 0 Å². The fourth-order valence-corrected chi connectivity index (χ4v) is 2.09. The summed E-state index contributed by atoms with van der Waals surface area (Å²) in [4.78, 5) is 26.0. The van der Waals surface area contributed by atoms with Crippen molar-refractivity contribution in [3.8, 4) is 6.08 Å². The number of benzene rings is 1. The normalized spacial score (nSPS) is 11.0. The van der Waals surface area contributed by atoms with Gasteiger partial charge in [0.2, 0.25) is 0 Å². The predicted molar refractivity (Wildman–Crippen MR) is 76.3 cm³/mol. The number of non-ortho nitro benzene ring substituents is 1. The Labute approximate surface area is 128 Å². The van der Waals surface area contributed by atoms with Crippen molar-refractivity contribution >= 4 is 16.8 Å². The Kier molecular flexibility index (Phi) is 3.79. The van der Waals surface area contributed by atoms with E-state index in [9.17, 15) is 14.9 Å². The molecule has 3 aromatic rings. The van der Waals surface area contributed by atoms with Crippen LogP contribution in [0.25, 0.3) is 11.1 Å². The van der Waals surface area contributed by atoms with E-state index in [1.54, 1.807) is 6.92 Å². The van der Waals surface area contributed by atoms with E-state index < -0.39 is 10.7 Å². The molecule has 0 bridgehead atoms. The summed E-state index contributed by atoms with van der Waals surface area (Å²) in [7, 11) is 0. The monoisotopic (exact) mass is 320 g/mol. The molecule has 0 aliphatic heterocycles. The third-order valence-electron chi connectivity index (χ3n) is 3.12. The van der Waals surface area contributed by atoms with Crippen LogP contribution in [-0.2, 0) is 6.54 Å². The van der Waals surface area contributed by atoms with Gasteiger partial charge in [0.15, 0.2) is 11.4 Å². The zero-order valence-electron chi connectivity index (χ0n) is 12.1. The van der Waals surface area contributed by atoms with E-state index in [0.29, 0.717) is 23.3 Å². The number of hydrogen-bond donors (Lipinski definition) is 0. The molecule has 0 amide bonds. The van der Waals surface area contributed by atoms with Crippen LogP contribution in [0.5, 0.6) is 6.08 Å². The Bertz CT molecular complexity index is 909. The molecule has 3 rings (SSSR count). The molecule has 0 atom stereocenters. The summed E-state index contributed by atoms with van der Waals surface area (Å²) in [5.74, 6) is -0.113. The van der Waals surface area contributed by atoms with E-state index in [1.165, 1.54) is 22.8 Å². The van der Waals surface area contributed by atoms with Crippen LogP contribution < -0.4 is 10.5 Å². The maximum atomic E-state index is 11.8. The fraction of sp³-hybridized carbons (Fsp3) is 0.308. The highest BCUT2D eigenvalue weighted by Crippen LogP contribution is 2.20. The van der Waals surface area contributed by atoms with Crippen molar-refractivity contribution < 1.29 is 18.6 Å². The van der Waals surface area contributed by atoms with Crippen LogP contribution in [0.15, 0.2) is 31.9 Å². The predicted octanol–water partition coefficient (Wildman–Crippen LogP) is 1.66. The van der Waals surface area contributed by atoms with E-state index in [4.69, 9.17) is 13.7 Å². The largest absolute Gasteiger partial charge is 0.449 e. The van der Waals surface area contributed by atoms with Crippen molar-refractivity contribution in [1.82, 2.24) is 14.7 Å². The number of fused-ring (bicyclic) bond motifs is 1. The zero-order valence-corrected chi connectivity index (χ0v) is 12.1. The number of aromatic nitrogens is 3. The lowest BCUT2D eigenvalue weighted by Gasteiger charge is -2.02. The minimum absolute atomic E-state index is 0.0579. The molecule has 23 heavy (non-hydrogen) atoms. The molecule has 0 aliphatic rings. The molecule has 120 valence electrons. The average molecular weight is 320 g/mol. The number of nitro groups is 1. The van der Waals surface area contributed by atoms with Crippen molar-refractivity contribution in [2.75, 3.05) is 6.61 Å². The van der Waals surface area contributed by atoms with Crippen LogP contribution in [-0.4, -0.2) is 26.2 Å². The number of rotatable bonds is 6. The van der Waals surface area contributed by atoms with E-state index in [1.807, 2.05) is 0 Å². The Hall–Kier alpha value is -3.17. The van der Waals surface area contributed by atoms with Crippen molar-refractivity contribution in [2.24, 2.45) is 0 Å². The van der Waals surface area contributed by atoms with E-state index in [-0.39, 0.29) is 24.9 Å². The highest BCUT2D eigenvalue weighted by molar-refractivity contribution is 5.75. The van der Waals surface area contributed by atoms with Gasteiger partial charge in [0.25, 0.3) is 5.69 Å². The topological polar surface area (TPSA) is 126 Å². The van der Waals surface area contributed by atoms with Gasteiger partial charge in [0.1, 0.15) is 0 Å². The van der Waals surface area contributed by atoms with Crippen LogP contribution in [0.4, 0.5) is 5.69 Å². The van der Waals surface area contributed by atoms with E-state index in [2.05, 4.69) is 10.1 Å². The lowest BCUT2D eigenvalue weighted by Crippen LogP contribution is -2.16. The number of nitrogens with zero attached hydrogens (tertiary/aromatic N) is 4. The second-order valence-electron chi connectivity index (χ2n) is 4.74. The average Bonchev–Trinajstić information content (AvgIpc) is 3.06. The Morgan fingerprint density at radius 3 is 2.96 bits per heavy atom. The molecule has 0 fully saturated rings. The molecule has 1 aromatic carbocycles. The number of ether oxygens (including phenoxy) is 1. The third kappa shape index (κ3) is 3.05. The first-order valence-electron chi connectivity index (χ1n) is 6.75. The highest BCUT2D eigenvalue weighted by atomic mass is 16.6. The van der Waals surface area contributed by atoms with Crippen LogP contribution in [0.1, 0.15) is 12.2 Å². The van der Waals surface area contributed by atoms with Crippen LogP contribution in [0, 0.1) is 17.0 Å². The molecule has 10 heteroatoms. The van der Waals surface area contributed by atoms with Gasteiger partial charge in [-0.15, -0.1) is 0 Å². The Morgan fingerprint density at radius 2 is 2.26 bits per heavy atom.